The Kier molecular flexibility index (Phi) is 5.68. The van der Waals surface area contributed by atoms with Crippen molar-refractivity contribution < 1.29 is 9.53 Å². The molecule has 0 radical (unpaired) electrons. The highest BCUT2D eigenvalue weighted by molar-refractivity contribution is 7.17. The van der Waals surface area contributed by atoms with E-state index in [-0.39, 0.29) is 5.91 Å². The lowest BCUT2D eigenvalue weighted by Crippen LogP contribution is -2.37. The third-order valence-electron chi connectivity index (χ3n) is 5.25. The molecule has 2 aliphatic rings. The summed E-state index contributed by atoms with van der Waals surface area (Å²) in [5.74, 6) is 0.0771. The predicted octanol–water partition coefficient (Wildman–Crippen LogP) is 3.36. The molecular weight excluding hydrogens is 344 g/mol. The Balaban J connectivity index is 1.27. The first-order chi connectivity index (χ1) is 12.8. The maximum absolute atomic E-state index is 12.5. The third kappa shape index (κ3) is 4.00. The van der Waals surface area contributed by atoms with Gasteiger partial charge in [0.05, 0.1) is 18.1 Å². The van der Waals surface area contributed by atoms with E-state index in [4.69, 9.17) is 4.74 Å². The van der Waals surface area contributed by atoms with Crippen molar-refractivity contribution >= 4 is 17.2 Å². The summed E-state index contributed by atoms with van der Waals surface area (Å²) in [5, 5.41) is 3.10. The van der Waals surface area contributed by atoms with Crippen LogP contribution in [0.15, 0.2) is 30.3 Å². The molecule has 1 aliphatic carbocycles. The number of thiophene rings is 1. The fourth-order valence-electron chi connectivity index (χ4n) is 3.76. The number of hydrogen-bond acceptors (Lipinski definition) is 4. The normalized spacial score (nSPS) is 16.8. The first-order valence-corrected chi connectivity index (χ1v) is 10.4. The lowest BCUT2D eigenvalue weighted by molar-refractivity contribution is 0.0372. The van der Waals surface area contributed by atoms with Gasteiger partial charge in [0.2, 0.25) is 0 Å². The average Bonchev–Trinajstić information content (AvgIpc) is 3.13. The summed E-state index contributed by atoms with van der Waals surface area (Å²) in [7, 11) is 0. The van der Waals surface area contributed by atoms with E-state index >= 15 is 0 Å². The Morgan fingerprint density at radius 1 is 1.12 bits per heavy atom. The number of rotatable bonds is 6. The molecule has 1 fully saturated rings. The van der Waals surface area contributed by atoms with Crippen LogP contribution in [0.2, 0.25) is 0 Å². The SMILES string of the molecule is O=C(NCCCCN1CCOCC1)c1cc2c(s1)-c1ccccc1CC2. The summed E-state index contributed by atoms with van der Waals surface area (Å²) in [6.07, 6.45) is 4.25. The average molecular weight is 371 g/mol. The van der Waals surface area contributed by atoms with E-state index in [9.17, 15) is 4.79 Å². The molecule has 4 rings (SSSR count). The van der Waals surface area contributed by atoms with Gasteiger partial charge in [-0.1, -0.05) is 24.3 Å². The van der Waals surface area contributed by atoms with Crippen LogP contribution in [0.25, 0.3) is 10.4 Å². The molecule has 2 heterocycles. The van der Waals surface area contributed by atoms with Crippen LogP contribution < -0.4 is 5.32 Å². The zero-order valence-electron chi connectivity index (χ0n) is 15.1. The molecule has 0 unspecified atom stereocenters. The van der Waals surface area contributed by atoms with Crippen molar-refractivity contribution in [2.45, 2.75) is 25.7 Å². The van der Waals surface area contributed by atoms with Crippen molar-refractivity contribution in [1.29, 1.82) is 0 Å². The number of hydrogen-bond donors (Lipinski definition) is 1. The van der Waals surface area contributed by atoms with Crippen LogP contribution in [0, 0.1) is 0 Å². The highest BCUT2D eigenvalue weighted by Gasteiger charge is 2.21. The molecule has 1 saturated heterocycles. The number of morpholine rings is 1. The van der Waals surface area contributed by atoms with Gasteiger partial charge < -0.3 is 10.1 Å². The highest BCUT2D eigenvalue weighted by Crippen LogP contribution is 2.39. The number of nitrogens with one attached hydrogen (secondary N) is 1. The minimum absolute atomic E-state index is 0.0771. The molecule has 0 atom stereocenters. The molecular formula is C21H26N2O2S. The maximum Gasteiger partial charge on any atom is 0.261 e. The first-order valence-electron chi connectivity index (χ1n) is 9.60. The number of amides is 1. The number of nitrogens with zero attached hydrogens (tertiary/aromatic N) is 1. The van der Waals surface area contributed by atoms with Crippen molar-refractivity contribution in [3.8, 4) is 10.4 Å². The van der Waals surface area contributed by atoms with E-state index in [0.717, 1.165) is 70.0 Å². The largest absolute Gasteiger partial charge is 0.379 e. The quantitative estimate of drug-likeness (QED) is 0.793. The van der Waals surface area contributed by atoms with Crippen LogP contribution in [0.4, 0.5) is 0 Å². The van der Waals surface area contributed by atoms with Crippen LogP contribution in [0.5, 0.6) is 0 Å². The molecule has 0 spiro atoms. The van der Waals surface area contributed by atoms with Gasteiger partial charge >= 0.3 is 0 Å². The van der Waals surface area contributed by atoms with E-state index in [1.807, 2.05) is 0 Å². The van der Waals surface area contributed by atoms with Gasteiger partial charge in [-0.3, -0.25) is 9.69 Å². The fraction of sp³-hybridized carbons (Fsp3) is 0.476. The number of benzene rings is 1. The van der Waals surface area contributed by atoms with E-state index in [2.05, 4.69) is 40.5 Å². The van der Waals surface area contributed by atoms with Gasteiger partial charge in [0.15, 0.2) is 0 Å². The lowest BCUT2D eigenvalue weighted by atomic mass is 9.91. The zero-order valence-corrected chi connectivity index (χ0v) is 15.9. The smallest absolute Gasteiger partial charge is 0.261 e. The molecule has 0 bridgehead atoms. The second-order valence-corrected chi connectivity index (χ2v) is 8.09. The Bertz CT molecular complexity index is 765. The molecule has 4 nitrogen and oxygen atoms in total. The molecule has 2 aromatic rings. The highest BCUT2D eigenvalue weighted by atomic mass is 32.1. The van der Waals surface area contributed by atoms with Gasteiger partial charge in [0, 0.05) is 24.5 Å². The van der Waals surface area contributed by atoms with Crippen LogP contribution in [-0.4, -0.2) is 50.2 Å². The first kappa shape index (κ1) is 17.7. The third-order valence-corrected chi connectivity index (χ3v) is 6.46. The summed E-state index contributed by atoms with van der Waals surface area (Å²) < 4.78 is 5.37. The molecule has 1 aliphatic heterocycles. The molecule has 1 amide bonds. The lowest BCUT2D eigenvalue weighted by Gasteiger charge is -2.26. The Morgan fingerprint density at radius 3 is 2.81 bits per heavy atom. The van der Waals surface area contributed by atoms with Gasteiger partial charge in [-0.05, 0) is 55.0 Å². The monoisotopic (exact) mass is 370 g/mol. The summed E-state index contributed by atoms with van der Waals surface area (Å²) in [6, 6.07) is 10.7. The Hall–Kier alpha value is -1.69. The molecule has 1 aromatic heterocycles. The number of carbonyl (C=O) groups is 1. The molecule has 0 saturated carbocycles. The van der Waals surface area contributed by atoms with E-state index < -0.39 is 0 Å². The van der Waals surface area contributed by atoms with Gasteiger partial charge in [0.1, 0.15) is 0 Å². The number of ether oxygens (including phenoxy) is 1. The molecule has 138 valence electrons. The molecule has 26 heavy (non-hydrogen) atoms. The van der Waals surface area contributed by atoms with Crippen molar-refractivity contribution in [3.63, 3.8) is 0 Å². The molecule has 1 aromatic carbocycles. The second kappa shape index (κ2) is 8.33. The Morgan fingerprint density at radius 2 is 1.92 bits per heavy atom. The van der Waals surface area contributed by atoms with Gasteiger partial charge in [-0.2, -0.15) is 0 Å². The number of fused-ring (bicyclic) bond motifs is 3. The van der Waals surface area contributed by atoms with Gasteiger partial charge in [-0.15, -0.1) is 11.3 Å². The molecule has 5 heteroatoms. The van der Waals surface area contributed by atoms with Crippen molar-refractivity contribution in [2.75, 3.05) is 39.4 Å². The number of aryl methyl sites for hydroxylation is 2. The minimum atomic E-state index is 0.0771. The molecule has 1 N–H and O–H groups in total. The van der Waals surface area contributed by atoms with Crippen LogP contribution in [-0.2, 0) is 17.6 Å². The van der Waals surface area contributed by atoms with Crippen molar-refractivity contribution in [3.05, 3.63) is 46.3 Å². The second-order valence-electron chi connectivity index (χ2n) is 7.04. The minimum Gasteiger partial charge on any atom is -0.379 e. The summed E-state index contributed by atoms with van der Waals surface area (Å²) >= 11 is 1.64. The Labute approximate surface area is 159 Å². The predicted molar refractivity (Wildman–Crippen MR) is 106 cm³/mol. The van der Waals surface area contributed by atoms with E-state index in [1.54, 1.807) is 11.3 Å². The maximum atomic E-state index is 12.5. The zero-order chi connectivity index (χ0) is 17.8. The topological polar surface area (TPSA) is 41.6 Å². The van der Waals surface area contributed by atoms with Crippen LogP contribution in [0.3, 0.4) is 0 Å². The summed E-state index contributed by atoms with van der Waals surface area (Å²) in [6.45, 7) is 5.63. The summed E-state index contributed by atoms with van der Waals surface area (Å²) in [4.78, 5) is 17.1. The van der Waals surface area contributed by atoms with E-state index in [0.29, 0.717) is 0 Å². The van der Waals surface area contributed by atoms with Crippen molar-refractivity contribution in [1.82, 2.24) is 10.2 Å². The van der Waals surface area contributed by atoms with E-state index in [1.165, 1.54) is 21.6 Å². The van der Waals surface area contributed by atoms with Gasteiger partial charge in [0.25, 0.3) is 5.91 Å². The standard InChI is InChI=1S/C21H26N2O2S/c24-21(22-9-3-4-10-23-11-13-25-14-12-23)19-15-17-8-7-16-5-1-2-6-18(16)20(17)26-19/h1-2,5-6,15H,3-4,7-14H2,(H,22,24). The number of unbranched alkanes of at least 4 members (excludes halogenated alkanes) is 1. The van der Waals surface area contributed by atoms with Crippen molar-refractivity contribution in [2.24, 2.45) is 0 Å². The van der Waals surface area contributed by atoms with Gasteiger partial charge in [-0.25, -0.2) is 0 Å². The summed E-state index contributed by atoms with van der Waals surface area (Å²) in [5.41, 5.74) is 4.03. The van der Waals surface area contributed by atoms with Crippen LogP contribution in [0.1, 0.15) is 33.6 Å². The number of carbonyl (C=O) groups excluding carboxylic acids is 1. The fourth-order valence-corrected chi connectivity index (χ4v) is 4.94. The van der Waals surface area contributed by atoms with Crippen LogP contribution >= 0.6 is 11.3 Å².